The highest BCUT2D eigenvalue weighted by atomic mass is 16.5. The lowest BCUT2D eigenvalue weighted by Gasteiger charge is -2.42. The van der Waals surface area contributed by atoms with Crippen LogP contribution in [0.5, 0.6) is 5.75 Å². The highest BCUT2D eigenvalue weighted by Crippen LogP contribution is 2.35. The monoisotopic (exact) mass is 291 g/mol. The molecule has 21 heavy (non-hydrogen) atoms. The molecule has 0 aliphatic heterocycles. The number of hydrogen-bond acceptors (Lipinski definition) is 3. The molecule has 5 heteroatoms. The molecular weight excluding hydrogens is 270 g/mol. The summed E-state index contributed by atoms with van der Waals surface area (Å²) in [7, 11) is 0. The van der Waals surface area contributed by atoms with E-state index in [1.54, 1.807) is 12.1 Å². The van der Waals surface area contributed by atoms with E-state index < -0.39 is 17.6 Å². The normalized spacial score (nSPS) is 17.4. The Hall–Kier alpha value is -2.04. The van der Waals surface area contributed by atoms with Gasteiger partial charge in [-0.3, -0.25) is 9.59 Å². The van der Waals surface area contributed by atoms with Gasteiger partial charge < -0.3 is 15.2 Å². The van der Waals surface area contributed by atoms with E-state index in [9.17, 15) is 9.59 Å². The first-order chi connectivity index (χ1) is 10.0. The first-order valence-electron chi connectivity index (χ1n) is 7.30. The smallest absolute Gasteiger partial charge is 0.305 e. The number of para-hydroxylation sites is 1. The van der Waals surface area contributed by atoms with Crippen molar-refractivity contribution >= 4 is 11.9 Å². The van der Waals surface area contributed by atoms with Gasteiger partial charge in [-0.15, -0.1) is 0 Å². The molecule has 0 radical (unpaired) electrons. The maximum atomic E-state index is 12.3. The minimum Gasteiger partial charge on any atom is -0.481 e. The lowest BCUT2D eigenvalue weighted by molar-refractivity contribution is -0.141. The Bertz CT molecular complexity index is 496. The highest BCUT2D eigenvalue weighted by molar-refractivity contribution is 5.83. The van der Waals surface area contributed by atoms with Crippen molar-refractivity contribution in [1.82, 2.24) is 5.32 Å². The Balaban J connectivity index is 1.98. The summed E-state index contributed by atoms with van der Waals surface area (Å²) in [5.41, 5.74) is -0.587. The molecule has 1 aliphatic carbocycles. The number of hydrogen-bond donors (Lipinski definition) is 2. The van der Waals surface area contributed by atoms with Gasteiger partial charge in [-0.05, 0) is 37.8 Å². The van der Waals surface area contributed by atoms with E-state index in [4.69, 9.17) is 9.84 Å². The fourth-order valence-electron chi connectivity index (χ4n) is 2.57. The van der Waals surface area contributed by atoms with Gasteiger partial charge in [-0.25, -0.2) is 0 Å². The predicted octanol–water partition coefficient (Wildman–Crippen LogP) is 2.36. The van der Waals surface area contributed by atoms with E-state index >= 15 is 0 Å². The van der Waals surface area contributed by atoms with E-state index in [1.807, 2.05) is 25.1 Å². The molecule has 0 aromatic heterocycles. The Kier molecular flexibility index (Phi) is 4.83. The topological polar surface area (TPSA) is 75.6 Å². The number of carbonyl (C=O) groups excluding carboxylic acids is 1. The average Bonchev–Trinajstić information content (AvgIpc) is 2.42. The fraction of sp³-hybridized carbons (Fsp3) is 0.500. The van der Waals surface area contributed by atoms with Crippen LogP contribution in [-0.4, -0.2) is 28.6 Å². The molecule has 2 rings (SSSR count). The number of benzene rings is 1. The van der Waals surface area contributed by atoms with Crippen LogP contribution < -0.4 is 10.1 Å². The van der Waals surface area contributed by atoms with Crippen LogP contribution >= 0.6 is 0 Å². The second kappa shape index (κ2) is 6.61. The van der Waals surface area contributed by atoms with E-state index in [1.165, 1.54) is 0 Å². The first-order valence-corrected chi connectivity index (χ1v) is 7.30. The molecule has 5 nitrogen and oxygen atoms in total. The zero-order chi connectivity index (χ0) is 15.3. The molecule has 114 valence electrons. The number of amides is 1. The lowest BCUT2D eigenvalue weighted by Crippen LogP contribution is -2.57. The number of carboxylic acid groups (broad SMARTS) is 1. The molecule has 1 fully saturated rings. The Morgan fingerprint density at radius 2 is 2.00 bits per heavy atom. The van der Waals surface area contributed by atoms with Crippen molar-refractivity contribution in [2.75, 3.05) is 0 Å². The highest BCUT2D eigenvalue weighted by Gasteiger charge is 2.41. The maximum Gasteiger partial charge on any atom is 0.305 e. The zero-order valence-corrected chi connectivity index (χ0v) is 12.2. The predicted molar refractivity (Wildman–Crippen MR) is 78.1 cm³/mol. The molecule has 0 saturated heterocycles. The number of carbonyl (C=O) groups is 2. The van der Waals surface area contributed by atoms with Crippen molar-refractivity contribution in [2.45, 2.75) is 50.7 Å². The molecule has 0 heterocycles. The summed E-state index contributed by atoms with van der Waals surface area (Å²) in [6, 6.07) is 9.17. The second-order valence-corrected chi connectivity index (χ2v) is 5.52. The number of aliphatic carboxylic acids is 1. The molecule has 1 amide bonds. The van der Waals surface area contributed by atoms with Crippen molar-refractivity contribution in [3.05, 3.63) is 30.3 Å². The third kappa shape index (κ3) is 3.97. The van der Waals surface area contributed by atoms with E-state index in [0.29, 0.717) is 25.0 Å². The third-order valence-corrected chi connectivity index (χ3v) is 3.87. The molecule has 0 bridgehead atoms. The Labute approximate surface area is 124 Å². The number of nitrogens with one attached hydrogen (secondary N) is 1. The molecule has 1 aromatic rings. The van der Waals surface area contributed by atoms with Crippen molar-refractivity contribution < 1.29 is 19.4 Å². The standard InChI is InChI=1S/C16H21NO4/c1-2-13(21-12-7-4-3-5-8-12)15(20)17-16(9-6-10-16)11-14(18)19/h3-5,7-8,13H,2,6,9-11H2,1H3,(H,17,20)(H,18,19). The van der Waals surface area contributed by atoms with Crippen molar-refractivity contribution in [3.8, 4) is 5.75 Å². The number of carboxylic acids is 1. The van der Waals surface area contributed by atoms with Crippen LogP contribution in [0.25, 0.3) is 0 Å². The molecule has 1 saturated carbocycles. The molecule has 1 unspecified atom stereocenters. The number of rotatable bonds is 7. The minimum atomic E-state index is -0.882. The van der Waals surface area contributed by atoms with Gasteiger partial charge in [0.25, 0.3) is 5.91 Å². The van der Waals surface area contributed by atoms with Gasteiger partial charge in [0.1, 0.15) is 5.75 Å². The van der Waals surface area contributed by atoms with Gasteiger partial charge >= 0.3 is 5.97 Å². The summed E-state index contributed by atoms with van der Waals surface area (Å²) in [6.07, 6.45) is 2.28. The Morgan fingerprint density at radius 3 is 2.48 bits per heavy atom. The summed E-state index contributed by atoms with van der Waals surface area (Å²) in [6.45, 7) is 1.87. The van der Waals surface area contributed by atoms with Gasteiger partial charge in [0.05, 0.1) is 12.0 Å². The van der Waals surface area contributed by atoms with Crippen molar-refractivity contribution in [1.29, 1.82) is 0 Å². The van der Waals surface area contributed by atoms with Crippen LogP contribution in [0.15, 0.2) is 30.3 Å². The molecule has 1 aliphatic rings. The molecular formula is C16H21NO4. The van der Waals surface area contributed by atoms with Gasteiger partial charge in [0, 0.05) is 0 Å². The van der Waals surface area contributed by atoms with Crippen molar-refractivity contribution in [2.24, 2.45) is 0 Å². The van der Waals surface area contributed by atoms with Crippen LogP contribution in [0.4, 0.5) is 0 Å². The SMILES string of the molecule is CCC(Oc1ccccc1)C(=O)NC1(CC(=O)O)CCC1. The second-order valence-electron chi connectivity index (χ2n) is 5.52. The van der Waals surface area contributed by atoms with Gasteiger partial charge in [-0.1, -0.05) is 25.1 Å². The summed E-state index contributed by atoms with van der Waals surface area (Å²) in [4.78, 5) is 23.3. The molecule has 0 spiro atoms. The Morgan fingerprint density at radius 1 is 1.33 bits per heavy atom. The largest absolute Gasteiger partial charge is 0.481 e. The van der Waals surface area contributed by atoms with Crippen molar-refractivity contribution in [3.63, 3.8) is 0 Å². The fourth-order valence-corrected chi connectivity index (χ4v) is 2.57. The average molecular weight is 291 g/mol. The van der Waals surface area contributed by atoms with E-state index in [-0.39, 0.29) is 12.3 Å². The zero-order valence-electron chi connectivity index (χ0n) is 12.2. The minimum absolute atomic E-state index is 0.0273. The van der Waals surface area contributed by atoms with Crippen LogP contribution in [0.3, 0.4) is 0 Å². The van der Waals surface area contributed by atoms with E-state index in [0.717, 1.165) is 6.42 Å². The van der Waals surface area contributed by atoms with Gasteiger partial charge in [0.15, 0.2) is 6.10 Å². The summed E-state index contributed by atoms with van der Waals surface area (Å²) < 4.78 is 5.69. The quantitative estimate of drug-likeness (QED) is 0.808. The molecule has 2 N–H and O–H groups in total. The van der Waals surface area contributed by atoms with E-state index in [2.05, 4.69) is 5.32 Å². The van der Waals surface area contributed by atoms with Gasteiger partial charge in [0.2, 0.25) is 0 Å². The summed E-state index contributed by atoms with van der Waals surface area (Å²) in [5.74, 6) is -0.477. The molecule has 1 atom stereocenters. The third-order valence-electron chi connectivity index (χ3n) is 3.87. The van der Waals surface area contributed by atoms with Crippen LogP contribution in [0, 0.1) is 0 Å². The van der Waals surface area contributed by atoms with Crippen LogP contribution in [0.1, 0.15) is 39.0 Å². The van der Waals surface area contributed by atoms with Gasteiger partial charge in [-0.2, -0.15) is 0 Å². The maximum absolute atomic E-state index is 12.3. The van der Waals surface area contributed by atoms with Crippen LogP contribution in [-0.2, 0) is 9.59 Å². The summed E-state index contributed by atoms with van der Waals surface area (Å²) >= 11 is 0. The summed E-state index contributed by atoms with van der Waals surface area (Å²) in [5, 5.41) is 11.9. The first kappa shape index (κ1) is 15.4. The van der Waals surface area contributed by atoms with Crippen LogP contribution in [0.2, 0.25) is 0 Å². The lowest BCUT2D eigenvalue weighted by atomic mass is 9.74. The number of ether oxygens (including phenoxy) is 1. The molecule has 1 aromatic carbocycles.